The quantitative estimate of drug-likeness (QED) is 0.718. The molecule has 1 atom stereocenters. The molecule has 1 aliphatic rings. The molecule has 6 heteroatoms. The number of aromatic nitrogens is 3. The van der Waals surface area contributed by atoms with E-state index in [1.165, 1.54) is 12.5 Å². The molecule has 2 aromatic rings. The lowest BCUT2D eigenvalue weighted by Crippen LogP contribution is -2.24. The predicted molar refractivity (Wildman–Crippen MR) is 81.5 cm³/mol. The molecule has 1 saturated heterocycles. The third-order valence-corrected chi connectivity index (χ3v) is 3.77. The van der Waals surface area contributed by atoms with Crippen LogP contribution in [0.2, 0.25) is 0 Å². The maximum Gasteiger partial charge on any atom is 0.244 e. The highest BCUT2D eigenvalue weighted by molar-refractivity contribution is 5.94. The molecular weight excluding hydrogens is 266 g/mol. The van der Waals surface area contributed by atoms with Crippen LogP contribution in [0, 0.1) is 5.92 Å². The van der Waals surface area contributed by atoms with Gasteiger partial charge in [0.2, 0.25) is 5.91 Å². The van der Waals surface area contributed by atoms with Crippen LogP contribution in [0.15, 0.2) is 24.4 Å². The molecule has 0 aliphatic carbocycles. The monoisotopic (exact) mass is 285 g/mol. The molecule has 3 N–H and O–H groups in total. The van der Waals surface area contributed by atoms with E-state index in [9.17, 15) is 4.79 Å². The van der Waals surface area contributed by atoms with Gasteiger partial charge in [0, 0.05) is 24.2 Å². The number of nitrogens with zero attached hydrogens (tertiary/aromatic N) is 2. The van der Waals surface area contributed by atoms with Gasteiger partial charge >= 0.3 is 0 Å². The van der Waals surface area contributed by atoms with Crippen LogP contribution in [-0.2, 0) is 4.79 Å². The number of hydrogen-bond acceptors (Lipinski definition) is 4. The van der Waals surface area contributed by atoms with E-state index in [0.717, 1.165) is 37.1 Å². The minimum absolute atomic E-state index is 0.0763. The Labute approximate surface area is 123 Å². The van der Waals surface area contributed by atoms with Crippen LogP contribution in [0.1, 0.15) is 18.5 Å². The molecule has 0 aromatic carbocycles. The van der Waals surface area contributed by atoms with Crippen LogP contribution in [0.25, 0.3) is 17.1 Å². The molecule has 0 bridgehead atoms. The Morgan fingerprint density at radius 1 is 1.52 bits per heavy atom. The SMILES string of the molecule is O=C(/C=C/c1[nH]nc2ncccc12)NCCC1CCNC1. The first-order chi connectivity index (χ1) is 10.3. The van der Waals surface area contributed by atoms with Crippen LogP contribution in [0.3, 0.4) is 0 Å². The van der Waals surface area contributed by atoms with Crippen molar-refractivity contribution in [1.82, 2.24) is 25.8 Å². The van der Waals surface area contributed by atoms with Gasteiger partial charge in [0.1, 0.15) is 0 Å². The van der Waals surface area contributed by atoms with Gasteiger partial charge in [-0.25, -0.2) is 4.98 Å². The van der Waals surface area contributed by atoms with Crippen molar-refractivity contribution >= 4 is 23.0 Å². The van der Waals surface area contributed by atoms with E-state index in [2.05, 4.69) is 25.8 Å². The molecule has 1 amide bonds. The number of pyridine rings is 1. The molecule has 1 fully saturated rings. The molecule has 1 unspecified atom stereocenters. The first-order valence-corrected chi connectivity index (χ1v) is 7.28. The number of amides is 1. The molecule has 6 nitrogen and oxygen atoms in total. The highest BCUT2D eigenvalue weighted by Crippen LogP contribution is 2.14. The summed E-state index contributed by atoms with van der Waals surface area (Å²) in [7, 11) is 0. The maximum atomic E-state index is 11.8. The first kappa shape index (κ1) is 13.8. The number of carbonyl (C=O) groups is 1. The summed E-state index contributed by atoms with van der Waals surface area (Å²) in [6, 6.07) is 3.78. The van der Waals surface area contributed by atoms with Crippen molar-refractivity contribution in [2.24, 2.45) is 5.92 Å². The van der Waals surface area contributed by atoms with Crippen molar-refractivity contribution in [3.8, 4) is 0 Å². The number of nitrogens with one attached hydrogen (secondary N) is 3. The molecular formula is C15H19N5O. The summed E-state index contributed by atoms with van der Waals surface area (Å²) >= 11 is 0. The number of hydrogen-bond donors (Lipinski definition) is 3. The Hall–Kier alpha value is -2.21. The fourth-order valence-corrected chi connectivity index (χ4v) is 2.58. The van der Waals surface area contributed by atoms with Gasteiger partial charge in [0.25, 0.3) is 0 Å². The van der Waals surface area contributed by atoms with Crippen molar-refractivity contribution in [1.29, 1.82) is 0 Å². The summed E-state index contributed by atoms with van der Waals surface area (Å²) in [6.45, 7) is 2.89. The van der Waals surface area contributed by atoms with Gasteiger partial charge in [-0.05, 0) is 50.1 Å². The molecule has 0 radical (unpaired) electrons. The molecule has 1 aliphatic heterocycles. The van der Waals surface area contributed by atoms with Crippen LogP contribution < -0.4 is 10.6 Å². The molecule has 3 rings (SSSR count). The molecule has 110 valence electrons. The minimum atomic E-state index is -0.0763. The second kappa shape index (κ2) is 6.49. The van der Waals surface area contributed by atoms with Crippen LogP contribution in [-0.4, -0.2) is 40.7 Å². The fourth-order valence-electron chi connectivity index (χ4n) is 2.58. The van der Waals surface area contributed by atoms with Gasteiger partial charge in [-0.15, -0.1) is 0 Å². The van der Waals surface area contributed by atoms with E-state index in [1.54, 1.807) is 12.3 Å². The third kappa shape index (κ3) is 3.46. The number of aromatic amines is 1. The standard InChI is InChI=1S/C15H19N5O/c21-14(17-9-6-11-5-8-16-10-11)4-3-13-12-2-1-7-18-15(12)20-19-13/h1-4,7,11,16H,5-6,8-10H2,(H,17,21)(H,18,19,20)/b4-3+. The summed E-state index contributed by atoms with van der Waals surface area (Å²) < 4.78 is 0. The van der Waals surface area contributed by atoms with E-state index in [1.807, 2.05) is 12.1 Å². The minimum Gasteiger partial charge on any atom is -0.353 e. The summed E-state index contributed by atoms with van der Waals surface area (Å²) in [4.78, 5) is 15.9. The number of fused-ring (bicyclic) bond motifs is 1. The average molecular weight is 285 g/mol. The summed E-state index contributed by atoms with van der Waals surface area (Å²) in [6.07, 6.45) is 7.21. The molecule has 21 heavy (non-hydrogen) atoms. The lowest BCUT2D eigenvalue weighted by atomic mass is 10.1. The van der Waals surface area contributed by atoms with Crippen LogP contribution in [0.4, 0.5) is 0 Å². The molecule has 0 spiro atoms. The zero-order valence-corrected chi connectivity index (χ0v) is 11.8. The van der Waals surface area contributed by atoms with Gasteiger partial charge < -0.3 is 10.6 Å². The highest BCUT2D eigenvalue weighted by Gasteiger charge is 2.13. The second-order valence-corrected chi connectivity index (χ2v) is 5.28. The van der Waals surface area contributed by atoms with Gasteiger partial charge in [-0.1, -0.05) is 0 Å². The van der Waals surface area contributed by atoms with Crippen molar-refractivity contribution in [2.45, 2.75) is 12.8 Å². The van der Waals surface area contributed by atoms with Gasteiger partial charge in [0.15, 0.2) is 5.65 Å². The summed E-state index contributed by atoms with van der Waals surface area (Å²) in [5, 5.41) is 14.1. The Morgan fingerprint density at radius 3 is 3.33 bits per heavy atom. The smallest absolute Gasteiger partial charge is 0.244 e. The number of rotatable bonds is 5. The Balaban J connectivity index is 1.51. The third-order valence-electron chi connectivity index (χ3n) is 3.77. The normalized spacial score (nSPS) is 18.6. The second-order valence-electron chi connectivity index (χ2n) is 5.28. The van der Waals surface area contributed by atoms with E-state index in [0.29, 0.717) is 11.6 Å². The van der Waals surface area contributed by atoms with E-state index in [-0.39, 0.29) is 5.91 Å². The predicted octanol–water partition coefficient (Wildman–Crippen LogP) is 1.09. The zero-order chi connectivity index (χ0) is 14.5. The topological polar surface area (TPSA) is 82.7 Å². The van der Waals surface area contributed by atoms with Crippen LogP contribution >= 0.6 is 0 Å². The maximum absolute atomic E-state index is 11.8. The fraction of sp³-hybridized carbons (Fsp3) is 0.400. The Bertz CT molecular complexity index is 642. The average Bonchev–Trinajstić information content (AvgIpc) is 3.14. The largest absolute Gasteiger partial charge is 0.353 e. The summed E-state index contributed by atoms with van der Waals surface area (Å²) in [5.74, 6) is 0.615. The number of carbonyl (C=O) groups excluding carboxylic acids is 1. The van der Waals surface area contributed by atoms with E-state index < -0.39 is 0 Å². The van der Waals surface area contributed by atoms with Crippen molar-refractivity contribution in [3.63, 3.8) is 0 Å². The zero-order valence-electron chi connectivity index (χ0n) is 11.8. The first-order valence-electron chi connectivity index (χ1n) is 7.28. The van der Waals surface area contributed by atoms with Crippen molar-refractivity contribution in [3.05, 3.63) is 30.1 Å². The van der Waals surface area contributed by atoms with E-state index in [4.69, 9.17) is 0 Å². The lowest BCUT2D eigenvalue weighted by Gasteiger charge is -2.07. The van der Waals surface area contributed by atoms with Crippen molar-refractivity contribution in [2.75, 3.05) is 19.6 Å². The van der Waals surface area contributed by atoms with E-state index >= 15 is 0 Å². The highest BCUT2D eigenvalue weighted by atomic mass is 16.1. The lowest BCUT2D eigenvalue weighted by molar-refractivity contribution is -0.116. The Morgan fingerprint density at radius 2 is 2.48 bits per heavy atom. The van der Waals surface area contributed by atoms with Crippen LogP contribution in [0.5, 0.6) is 0 Å². The van der Waals surface area contributed by atoms with Crippen molar-refractivity contribution < 1.29 is 4.79 Å². The molecule has 2 aromatic heterocycles. The van der Waals surface area contributed by atoms with Gasteiger partial charge in [-0.2, -0.15) is 5.10 Å². The summed E-state index contributed by atoms with van der Waals surface area (Å²) in [5.41, 5.74) is 1.46. The van der Waals surface area contributed by atoms with Gasteiger partial charge in [-0.3, -0.25) is 9.89 Å². The Kier molecular flexibility index (Phi) is 4.25. The molecule has 3 heterocycles. The van der Waals surface area contributed by atoms with Gasteiger partial charge in [0.05, 0.1) is 5.69 Å². The number of H-pyrrole nitrogens is 1. The molecule has 0 saturated carbocycles.